The standard InChI is InChI=1S/C13H12N2O/c1-8(2)9-5-7-14-11-10-4-3-6-15-13(10)16-12(9)11/h3-8H,1-2H3. The minimum atomic E-state index is 0.422. The van der Waals surface area contributed by atoms with Crippen LogP contribution in [0.2, 0.25) is 0 Å². The summed E-state index contributed by atoms with van der Waals surface area (Å²) in [6, 6.07) is 5.90. The van der Waals surface area contributed by atoms with E-state index in [0.29, 0.717) is 11.6 Å². The molecule has 3 nitrogen and oxygen atoms in total. The normalized spacial score (nSPS) is 11.7. The summed E-state index contributed by atoms with van der Waals surface area (Å²) >= 11 is 0. The summed E-state index contributed by atoms with van der Waals surface area (Å²) in [7, 11) is 0. The Bertz CT molecular complexity index is 655. The second-order valence-corrected chi connectivity index (χ2v) is 4.19. The third kappa shape index (κ3) is 1.21. The Morgan fingerprint density at radius 1 is 1.12 bits per heavy atom. The summed E-state index contributed by atoms with van der Waals surface area (Å²) < 4.78 is 5.77. The molecule has 0 fully saturated rings. The first-order valence-electron chi connectivity index (χ1n) is 5.39. The monoisotopic (exact) mass is 212 g/mol. The highest BCUT2D eigenvalue weighted by molar-refractivity contribution is 6.01. The zero-order valence-electron chi connectivity index (χ0n) is 9.27. The minimum Gasteiger partial charge on any atom is -0.436 e. The first kappa shape index (κ1) is 9.33. The molecule has 3 aromatic heterocycles. The molecule has 0 atom stereocenters. The lowest BCUT2D eigenvalue weighted by Crippen LogP contribution is -1.88. The van der Waals surface area contributed by atoms with E-state index in [1.54, 1.807) is 6.20 Å². The van der Waals surface area contributed by atoms with Crippen LogP contribution >= 0.6 is 0 Å². The van der Waals surface area contributed by atoms with Crippen LogP contribution < -0.4 is 0 Å². The van der Waals surface area contributed by atoms with Crippen LogP contribution in [0.4, 0.5) is 0 Å². The Morgan fingerprint density at radius 3 is 2.81 bits per heavy atom. The van der Waals surface area contributed by atoms with Crippen molar-refractivity contribution >= 4 is 22.2 Å². The molecule has 0 radical (unpaired) electrons. The first-order chi connectivity index (χ1) is 7.77. The van der Waals surface area contributed by atoms with E-state index in [9.17, 15) is 0 Å². The van der Waals surface area contributed by atoms with Gasteiger partial charge in [-0.1, -0.05) is 13.8 Å². The Labute approximate surface area is 93.1 Å². The van der Waals surface area contributed by atoms with E-state index in [4.69, 9.17) is 4.42 Å². The fourth-order valence-corrected chi connectivity index (χ4v) is 1.97. The number of furan rings is 1. The van der Waals surface area contributed by atoms with Crippen molar-refractivity contribution in [3.63, 3.8) is 0 Å². The van der Waals surface area contributed by atoms with E-state index in [-0.39, 0.29) is 0 Å². The molecule has 0 saturated heterocycles. The van der Waals surface area contributed by atoms with Crippen LogP contribution in [0.25, 0.3) is 22.2 Å². The molecule has 3 aromatic rings. The molecule has 3 heteroatoms. The van der Waals surface area contributed by atoms with Gasteiger partial charge in [0.15, 0.2) is 5.58 Å². The van der Waals surface area contributed by atoms with Crippen LogP contribution in [0, 0.1) is 0 Å². The molecule has 0 aromatic carbocycles. The summed E-state index contributed by atoms with van der Waals surface area (Å²) in [5, 5.41) is 0.986. The third-order valence-electron chi connectivity index (χ3n) is 2.78. The first-order valence-corrected chi connectivity index (χ1v) is 5.39. The lowest BCUT2D eigenvalue weighted by atomic mass is 10.0. The molecule has 3 heterocycles. The van der Waals surface area contributed by atoms with E-state index in [0.717, 1.165) is 16.5 Å². The number of nitrogens with zero attached hydrogens (tertiary/aromatic N) is 2. The van der Waals surface area contributed by atoms with Crippen molar-refractivity contribution in [2.75, 3.05) is 0 Å². The number of aromatic nitrogens is 2. The molecule has 0 aliphatic carbocycles. The largest absolute Gasteiger partial charge is 0.436 e. The van der Waals surface area contributed by atoms with Crippen molar-refractivity contribution in [1.82, 2.24) is 9.97 Å². The Hall–Kier alpha value is -1.90. The fraction of sp³-hybridized carbons (Fsp3) is 0.231. The second kappa shape index (κ2) is 3.30. The van der Waals surface area contributed by atoms with Crippen molar-refractivity contribution in [3.05, 3.63) is 36.2 Å². The van der Waals surface area contributed by atoms with E-state index in [2.05, 4.69) is 23.8 Å². The molecule has 0 amide bonds. The highest BCUT2D eigenvalue weighted by Gasteiger charge is 2.13. The molecule has 0 aliphatic heterocycles. The van der Waals surface area contributed by atoms with Crippen molar-refractivity contribution in [2.24, 2.45) is 0 Å². The number of hydrogen-bond acceptors (Lipinski definition) is 3. The predicted molar refractivity (Wildman–Crippen MR) is 63.4 cm³/mol. The molecule has 16 heavy (non-hydrogen) atoms. The number of pyridine rings is 2. The molecule has 0 N–H and O–H groups in total. The summed E-state index contributed by atoms with van der Waals surface area (Å²) in [6.45, 7) is 4.30. The highest BCUT2D eigenvalue weighted by atomic mass is 16.3. The van der Waals surface area contributed by atoms with Crippen LogP contribution in [0.3, 0.4) is 0 Å². The molecule has 0 saturated carbocycles. The lowest BCUT2D eigenvalue weighted by Gasteiger charge is -2.03. The van der Waals surface area contributed by atoms with E-state index in [1.165, 1.54) is 5.56 Å². The fourth-order valence-electron chi connectivity index (χ4n) is 1.97. The third-order valence-corrected chi connectivity index (χ3v) is 2.78. The number of hydrogen-bond donors (Lipinski definition) is 0. The van der Waals surface area contributed by atoms with E-state index >= 15 is 0 Å². The van der Waals surface area contributed by atoms with E-state index < -0.39 is 0 Å². The maximum Gasteiger partial charge on any atom is 0.228 e. The van der Waals surface area contributed by atoms with Crippen LogP contribution in [0.15, 0.2) is 35.0 Å². The molecular weight excluding hydrogens is 200 g/mol. The molecular formula is C13H12N2O. The average molecular weight is 212 g/mol. The van der Waals surface area contributed by atoms with Crippen LogP contribution in [-0.4, -0.2) is 9.97 Å². The molecule has 0 unspecified atom stereocenters. The smallest absolute Gasteiger partial charge is 0.228 e. The Kier molecular flexibility index (Phi) is 1.93. The molecule has 3 rings (SSSR count). The van der Waals surface area contributed by atoms with Gasteiger partial charge < -0.3 is 4.42 Å². The Balaban J connectivity index is 2.49. The van der Waals surface area contributed by atoms with Gasteiger partial charge in [0.05, 0.1) is 5.39 Å². The summed E-state index contributed by atoms with van der Waals surface area (Å²) in [5.74, 6) is 0.422. The van der Waals surface area contributed by atoms with E-state index in [1.807, 2.05) is 24.4 Å². The quantitative estimate of drug-likeness (QED) is 0.619. The van der Waals surface area contributed by atoms with Crippen LogP contribution in [-0.2, 0) is 0 Å². The average Bonchev–Trinajstić information content (AvgIpc) is 2.67. The van der Waals surface area contributed by atoms with Gasteiger partial charge in [-0.2, -0.15) is 0 Å². The van der Waals surface area contributed by atoms with Crippen molar-refractivity contribution in [1.29, 1.82) is 0 Å². The lowest BCUT2D eigenvalue weighted by molar-refractivity contribution is 0.642. The molecule has 80 valence electrons. The maximum absolute atomic E-state index is 5.77. The maximum atomic E-state index is 5.77. The van der Waals surface area contributed by atoms with Gasteiger partial charge in [0.25, 0.3) is 0 Å². The number of fused-ring (bicyclic) bond motifs is 3. The van der Waals surface area contributed by atoms with Gasteiger partial charge in [-0.25, -0.2) is 4.98 Å². The van der Waals surface area contributed by atoms with Gasteiger partial charge in [0.2, 0.25) is 5.71 Å². The zero-order chi connectivity index (χ0) is 11.1. The molecule has 0 aliphatic rings. The second-order valence-electron chi connectivity index (χ2n) is 4.19. The van der Waals surface area contributed by atoms with Gasteiger partial charge in [0, 0.05) is 18.0 Å². The summed E-state index contributed by atoms with van der Waals surface area (Å²) in [5.41, 5.74) is 3.63. The molecule has 0 spiro atoms. The topological polar surface area (TPSA) is 38.9 Å². The van der Waals surface area contributed by atoms with Crippen molar-refractivity contribution in [3.8, 4) is 0 Å². The van der Waals surface area contributed by atoms with Crippen molar-refractivity contribution in [2.45, 2.75) is 19.8 Å². The minimum absolute atomic E-state index is 0.422. The predicted octanol–water partition coefficient (Wildman–Crippen LogP) is 3.50. The van der Waals surface area contributed by atoms with Gasteiger partial charge >= 0.3 is 0 Å². The van der Waals surface area contributed by atoms with Crippen molar-refractivity contribution < 1.29 is 4.42 Å². The molecule has 0 bridgehead atoms. The van der Waals surface area contributed by atoms with Crippen LogP contribution in [0.5, 0.6) is 0 Å². The Morgan fingerprint density at radius 2 is 2.00 bits per heavy atom. The number of rotatable bonds is 1. The van der Waals surface area contributed by atoms with Gasteiger partial charge in [-0.3, -0.25) is 4.98 Å². The van der Waals surface area contributed by atoms with Gasteiger partial charge in [-0.05, 0) is 24.1 Å². The zero-order valence-corrected chi connectivity index (χ0v) is 9.27. The van der Waals surface area contributed by atoms with Gasteiger partial charge in [0.1, 0.15) is 5.52 Å². The summed E-state index contributed by atoms with van der Waals surface area (Å²) in [6.07, 6.45) is 3.57. The SMILES string of the molecule is CC(C)c1ccnc2c1oc1ncccc12. The summed E-state index contributed by atoms with van der Waals surface area (Å²) in [4.78, 5) is 8.59. The van der Waals surface area contributed by atoms with Crippen LogP contribution in [0.1, 0.15) is 25.3 Å². The highest BCUT2D eigenvalue weighted by Crippen LogP contribution is 2.30. The van der Waals surface area contributed by atoms with Gasteiger partial charge in [-0.15, -0.1) is 0 Å².